The van der Waals surface area contributed by atoms with Gasteiger partial charge in [-0.2, -0.15) is 13.2 Å². The average molecular weight is 576 g/mol. The number of anilines is 1. The van der Waals surface area contributed by atoms with Gasteiger partial charge in [0.1, 0.15) is 5.75 Å². The Morgan fingerprint density at radius 2 is 1.78 bits per heavy atom. The lowest BCUT2D eigenvalue weighted by molar-refractivity contribution is -0.148. The zero-order valence-electron chi connectivity index (χ0n) is 23.6. The summed E-state index contributed by atoms with van der Waals surface area (Å²) in [6.07, 6.45) is 3.13. The Morgan fingerprint density at radius 1 is 1.05 bits per heavy atom. The average Bonchev–Trinajstić information content (AvgIpc) is 3.80. The zero-order chi connectivity index (χ0) is 29.0. The van der Waals surface area contributed by atoms with Crippen LogP contribution in [0, 0.1) is 11.8 Å². The van der Waals surface area contributed by atoms with Gasteiger partial charge in [0, 0.05) is 37.1 Å². The fourth-order valence-corrected chi connectivity index (χ4v) is 6.45. The molecule has 3 fully saturated rings. The number of nitrogens with zero attached hydrogens (tertiary/aromatic N) is 3. The first-order chi connectivity index (χ1) is 19.7. The minimum atomic E-state index is -4.16. The van der Waals surface area contributed by atoms with Crippen LogP contribution in [-0.4, -0.2) is 73.6 Å². The first-order valence-electron chi connectivity index (χ1n) is 14.7. The molecule has 0 spiro atoms. The molecular formula is C31H40F3N3O4. The molecule has 3 heterocycles. The fourth-order valence-electron chi connectivity index (χ4n) is 6.45. The molecule has 1 atom stereocenters. The molecule has 0 amide bonds. The van der Waals surface area contributed by atoms with Gasteiger partial charge in [0.05, 0.1) is 26.7 Å². The molecule has 2 saturated heterocycles. The van der Waals surface area contributed by atoms with Crippen molar-refractivity contribution in [2.24, 2.45) is 11.8 Å². The lowest BCUT2D eigenvalue weighted by Gasteiger charge is -2.38. The molecule has 2 aromatic rings. The van der Waals surface area contributed by atoms with Crippen molar-refractivity contribution in [2.45, 2.75) is 63.0 Å². The molecular weight excluding hydrogens is 535 g/mol. The smallest absolute Gasteiger partial charge is 0.401 e. The number of carboxylic acid groups (broad SMARTS) is 1. The molecule has 10 heteroatoms. The molecule has 5 rings (SSSR count). The van der Waals surface area contributed by atoms with Crippen LogP contribution in [0.1, 0.15) is 67.9 Å². The number of hydrogen-bond donors (Lipinski definition) is 1. The molecule has 2 aliphatic heterocycles. The largest absolute Gasteiger partial charge is 0.497 e. The second-order valence-corrected chi connectivity index (χ2v) is 11.8. The second-order valence-electron chi connectivity index (χ2n) is 11.8. The van der Waals surface area contributed by atoms with Crippen molar-refractivity contribution in [1.29, 1.82) is 0 Å². The van der Waals surface area contributed by atoms with Gasteiger partial charge in [-0.1, -0.05) is 6.07 Å². The van der Waals surface area contributed by atoms with Crippen molar-refractivity contribution in [3.63, 3.8) is 0 Å². The molecule has 41 heavy (non-hydrogen) atoms. The Bertz CT molecular complexity index is 1170. The number of aromatic nitrogens is 1. The number of halogens is 3. The number of alkyl halides is 3. The molecule has 1 unspecified atom stereocenters. The normalized spacial score (nSPS) is 20.1. The van der Waals surface area contributed by atoms with Gasteiger partial charge in [-0.3, -0.25) is 9.69 Å². The van der Waals surface area contributed by atoms with Gasteiger partial charge in [0.2, 0.25) is 5.88 Å². The van der Waals surface area contributed by atoms with E-state index in [-0.39, 0.29) is 18.3 Å². The topological polar surface area (TPSA) is 75.1 Å². The maximum Gasteiger partial charge on any atom is 0.401 e. The summed E-state index contributed by atoms with van der Waals surface area (Å²) < 4.78 is 50.2. The predicted octanol–water partition coefficient (Wildman–Crippen LogP) is 6.10. The Morgan fingerprint density at radius 3 is 2.41 bits per heavy atom. The second kappa shape index (κ2) is 12.9. The summed E-state index contributed by atoms with van der Waals surface area (Å²) >= 11 is 0. The summed E-state index contributed by atoms with van der Waals surface area (Å²) in [7, 11) is 1.65. The summed E-state index contributed by atoms with van der Waals surface area (Å²) in [6, 6.07) is 9.92. The number of rotatable bonds is 11. The van der Waals surface area contributed by atoms with Gasteiger partial charge in [0.15, 0.2) is 0 Å². The Hall–Kier alpha value is -3.01. The van der Waals surface area contributed by atoms with Crippen LogP contribution in [-0.2, 0) is 4.79 Å². The van der Waals surface area contributed by atoms with Crippen LogP contribution in [0.5, 0.6) is 11.6 Å². The first-order valence-corrected chi connectivity index (χ1v) is 14.7. The quantitative estimate of drug-likeness (QED) is 0.347. The van der Waals surface area contributed by atoms with Crippen LogP contribution >= 0.6 is 0 Å². The minimum absolute atomic E-state index is 0.00928. The van der Waals surface area contributed by atoms with Gasteiger partial charge in [0.25, 0.3) is 0 Å². The number of pyridine rings is 1. The van der Waals surface area contributed by atoms with E-state index in [4.69, 9.17) is 9.47 Å². The van der Waals surface area contributed by atoms with Gasteiger partial charge in [-0.15, -0.1) is 0 Å². The van der Waals surface area contributed by atoms with E-state index in [0.29, 0.717) is 50.3 Å². The van der Waals surface area contributed by atoms with E-state index >= 15 is 0 Å². The third-order valence-electron chi connectivity index (χ3n) is 8.86. The zero-order valence-corrected chi connectivity index (χ0v) is 23.6. The van der Waals surface area contributed by atoms with Crippen molar-refractivity contribution in [2.75, 3.05) is 51.3 Å². The van der Waals surface area contributed by atoms with Crippen molar-refractivity contribution in [3.05, 3.63) is 47.7 Å². The molecule has 0 radical (unpaired) electrons. The fraction of sp³-hybridized carbons (Fsp3) is 0.613. The van der Waals surface area contributed by atoms with Crippen molar-refractivity contribution in [3.8, 4) is 11.6 Å². The third-order valence-corrected chi connectivity index (χ3v) is 8.86. The SMILES string of the molecule is COc1ccc(C2CCN(CC(F)(F)F)CC2)c(N2CCC(COc3cc(C(CC(=O)O)C4CC4)ccn3)CC2)c1. The van der Waals surface area contributed by atoms with Gasteiger partial charge in [-0.25, -0.2) is 4.98 Å². The van der Waals surface area contributed by atoms with E-state index in [9.17, 15) is 23.1 Å². The highest BCUT2D eigenvalue weighted by molar-refractivity contribution is 5.68. The lowest BCUT2D eigenvalue weighted by atomic mass is 9.87. The first kappa shape index (κ1) is 29.5. The number of piperidine rings is 2. The number of hydrogen-bond acceptors (Lipinski definition) is 6. The Labute approximate surface area is 239 Å². The number of benzene rings is 1. The van der Waals surface area contributed by atoms with Crippen LogP contribution < -0.4 is 14.4 Å². The number of ether oxygens (including phenoxy) is 2. The molecule has 3 aliphatic rings. The number of aliphatic carboxylic acids is 1. The highest BCUT2D eigenvalue weighted by Gasteiger charge is 2.35. The summed E-state index contributed by atoms with van der Waals surface area (Å²) in [6.45, 7) is 2.33. The molecule has 224 valence electrons. The summed E-state index contributed by atoms with van der Waals surface area (Å²) in [5.74, 6) is 1.58. The molecule has 1 aromatic carbocycles. The highest BCUT2D eigenvalue weighted by atomic mass is 19.4. The van der Waals surface area contributed by atoms with Crippen LogP contribution in [0.15, 0.2) is 36.5 Å². The molecule has 0 bridgehead atoms. The van der Waals surface area contributed by atoms with Gasteiger partial charge in [-0.05, 0) is 98.5 Å². The Kier molecular flexibility index (Phi) is 9.26. The minimum Gasteiger partial charge on any atom is -0.497 e. The van der Waals surface area contributed by atoms with Crippen LogP contribution in [0.2, 0.25) is 0 Å². The van der Waals surface area contributed by atoms with Crippen molar-refractivity contribution < 1.29 is 32.5 Å². The van der Waals surface area contributed by atoms with Gasteiger partial charge >= 0.3 is 12.1 Å². The standard InChI is InChI=1S/C31H40F3N3O4/c1-40-25-4-5-26(23-9-12-36(13-10-23)20-31(32,33)34)28(17-25)37-14-7-21(8-15-37)19-41-29-16-24(6-11-35-29)27(18-30(38)39)22-2-3-22/h4-6,11,16-17,21-23,27H,2-3,7-10,12-15,18-20H2,1H3,(H,38,39). The molecule has 1 saturated carbocycles. The van der Waals surface area contributed by atoms with E-state index in [1.54, 1.807) is 13.3 Å². The van der Waals surface area contributed by atoms with E-state index < -0.39 is 18.7 Å². The summed E-state index contributed by atoms with van der Waals surface area (Å²) in [5.41, 5.74) is 3.31. The molecule has 1 aliphatic carbocycles. The van der Waals surface area contributed by atoms with E-state index in [1.807, 2.05) is 18.2 Å². The number of carboxylic acids is 1. The predicted molar refractivity (Wildman–Crippen MR) is 150 cm³/mol. The highest BCUT2D eigenvalue weighted by Crippen LogP contribution is 2.45. The van der Waals surface area contributed by atoms with Crippen LogP contribution in [0.3, 0.4) is 0 Å². The van der Waals surface area contributed by atoms with Crippen molar-refractivity contribution in [1.82, 2.24) is 9.88 Å². The Balaban J connectivity index is 1.17. The van der Waals surface area contributed by atoms with Gasteiger partial charge < -0.3 is 19.5 Å². The summed E-state index contributed by atoms with van der Waals surface area (Å²) in [5, 5.41) is 9.34. The van der Waals surface area contributed by atoms with Crippen LogP contribution in [0.25, 0.3) is 0 Å². The van der Waals surface area contributed by atoms with Crippen LogP contribution in [0.4, 0.5) is 18.9 Å². The number of methoxy groups -OCH3 is 1. The lowest BCUT2D eigenvalue weighted by Crippen LogP contribution is -2.40. The van der Waals surface area contributed by atoms with E-state index in [0.717, 1.165) is 55.8 Å². The monoisotopic (exact) mass is 575 g/mol. The van der Waals surface area contributed by atoms with E-state index in [2.05, 4.69) is 22.0 Å². The maximum atomic E-state index is 12.9. The molecule has 7 nitrogen and oxygen atoms in total. The van der Waals surface area contributed by atoms with E-state index in [1.165, 1.54) is 10.5 Å². The molecule has 1 aromatic heterocycles. The maximum absolute atomic E-state index is 12.9. The van der Waals surface area contributed by atoms with Crippen molar-refractivity contribution >= 4 is 11.7 Å². The number of carbonyl (C=O) groups is 1. The number of likely N-dealkylation sites (tertiary alicyclic amines) is 1. The summed E-state index contributed by atoms with van der Waals surface area (Å²) in [4.78, 5) is 19.6. The third kappa shape index (κ3) is 8.05. The molecule has 1 N–H and O–H groups in total.